The summed E-state index contributed by atoms with van der Waals surface area (Å²) in [4.78, 5) is 12.8. The van der Waals surface area contributed by atoms with E-state index in [-0.39, 0.29) is 18.0 Å². The number of esters is 1. The first-order valence-corrected chi connectivity index (χ1v) is 14.3. The SMILES string of the molecule is CCCCCCCCCCCCCCC(O)CCCC(Cc1ccccc1)C(=O)OC(C)(C)C. The molecule has 0 aliphatic carbocycles. The molecule has 34 heavy (non-hydrogen) atoms. The van der Waals surface area contributed by atoms with Gasteiger partial charge in [-0.15, -0.1) is 0 Å². The Morgan fingerprint density at radius 1 is 0.765 bits per heavy atom. The second-order valence-electron chi connectivity index (χ2n) is 11.2. The smallest absolute Gasteiger partial charge is 0.309 e. The normalized spacial score (nSPS) is 13.6. The molecule has 1 aromatic rings. The third kappa shape index (κ3) is 17.1. The average molecular weight is 475 g/mol. The van der Waals surface area contributed by atoms with Crippen LogP contribution in [0.5, 0.6) is 0 Å². The van der Waals surface area contributed by atoms with Crippen LogP contribution in [0.15, 0.2) is 30.3 Å². The van der Waals surface area contributed by atoms with Gasteiger partial charge in [-0.3, -0.25) is 4.79 Å². The Morgan fingerprint density at radius 3 is 1.79 bits per heavy atom. The molecule has 3 heteroatoms. The number of hydrogen-bond donors (Lipinski definition) is 1. The topological polar surface area (TPSA) is 46.5 Å². The summed E-state index contributed by atoms with van der Waals surface area (Å²) in [6, 6.07) is 10.2. The Hall–Kier alpha value is -1.35. The zero-order valence-electron chi connectivity index (χ0n) is 22.8. The molecule has 0 aliphatic heterocycles. The van der Waals surface area contributed by atoms with E-state index in [1.165, 1.54) is 70.6 Å². The number of unbranched alkanes of at least 4 members (excludes halogenated alkanes) is 11. The van der Waals surface area contributed by atoms with Crippen molar-refractivity contribution >= 4 is 5.97 Å². The molecular weight excluding hydrogens is 420 g/mol. The third-order valence-corrected chi connectivity index (χ3v) is 6.55. The maximum Gasteiger partial charge on any atom is 0.309 e. The highest BCUT2D eigenvalue weighted by Gasteiger charge is 2.25. The Morgan fingerprint density at radius 2 is 1.26 bits per heavy atom. The molecule has 1 aromatic carbocycles. The molecule has 1 rings (SSSR count). The minimum Gasteiger partial charge on any atom is -0.460 e. The summed E-state index contributed by atoms with van der Waals surface area (Å²) >= 11 is 0. The Bertz CT molecular complexity index is 605. The summed E-state index contributed by atoms with van der Waals surface area (Å²) < 4.78 is 5.68. The molecule has 2 atom stereocenters. The fraction of sp³-hybridized carbons (Fsp3) is 0.774. The lowest BCUT2D eigenvalue weighted by atomic mass is 9.92. The first-order valence-electron chi connectivity index (χ1n) is 14.3. The highest BCUT2D eigenvalue weighted by molar-refractivity contribution is 5.73. The van der Waals surface area contributed by atoms with Crippen molar-refractivity contribution in [3.8, 4) is 0 Å². The Kier molecular flexibility index (Phi) is 17.1. The average Bonchev–Trinajstić information content (AvgIpc) is 2.78. The molecule has 0 heterocycles. The molecule has 0 saturated carbocycles. The summed E-state index contributed by atoms with van der Waals surface area (Å²) in [6.07, 6.45) is 19.8. The van der Waals surface area contributed by atoms with E-state index in [1.807, 2.05) is 39.0 Å². The van der Waals surface area contributed by atoms with Gasteiger partial charge in [-0.25, -0.2) is 0 Å². The van der Waals surface area contributed by atoms with Gasteiger partial charge in [0.05, 0.1) is 12.0 Å². The van der Waals surface area contributed by atoms with Crippen LogP contribution < -0.4 is 0 Å². The quantitative estimate of drug-likeness (QED) is 0.152. The number of hydrogen-bond acceptors (Lipinski definition) is 3. The second kappa shape index (κ2) is 18.9. The van der Waals surface area contributed by atoms with Crippen LogP contribution in [0.25, 0.3) is 0 Å². The van der Waals surface area contributed by atoms with Crippen molar-refractivity contribution < 1.29 is 14.6 Å². The predicted octanol–water partition coefficient (Wildman–Crippen LogP) is 8.81. The molecule has 3 nitrogen and oxygen atoms in total. The molecule has 0 fully saturated rings. The van der Waals surface area contributed by atoms with Crippen molar-refractivity contribution in [2.24, 2.45) is 5.92 Å². The standard InChI is InChI=1S/C31H54O3/c1-5-6-7-8-9-10-11-12-13-14-15-19-24-29(32)25-20-23-28(30(33)34-31(2,3)4)26-27-21-17-16-18-22-27/h16-18,21-22,28-29,32H,5-15,19-20,23-26H2,1-4H3. The summed E-state index contributed by atoms with van der Waals surface area (Å²) in [5, 5.41) is 10.4. The first kappa shape index (κ1) is 30.7. The van der Waals surface area contributed by atoms with Gasteiger partial charge in [-0.2, -0.15) is 0 Å². The molecule has 1 N–H and O–H groups in total. The van der Waals surface area contributed by atoms with Gasteiger partial charge in [0.1, 0.15) is 5.60 Å². The van der Waals surface area contributed by atoms with E-state index in [2.05, 4.69) is 19.1 Å². The monoisotopic (exact) mass is 474 g/mol. The number of aliphatic hydroxyl groups excluding tert-OH is 1. The van der Waals surface area contributed by atoms with Crippen LogP contribution in [0.1, 0.15) is 136 Å². The number of rotatable bonds is 20. The molecule has 0 bridgehead atoms. The molecule has 196 valence electrons. The maximum absolute atomic E-state index is 12.8. The van der Waals surface area contributed by atoms with Crippen molar-refractivity contribution in [1.82, 2.24) is 0 Å². The molecule has 0 spiro atoms. The van der Waals surface area contributed by atoms with Crippen molar-refractivity contribution in [1.29, 1.82) is 0 Å². The van der Waals surface area contributed by atoms with E-state index >= 15 is 0 Å². The lowest BCUT2D eigenvalue weighted by molar-refractivity contribution is -0.160. The number of benzene rings is 1. The van der Waals surface area contributed by atoms with Gasteiger partial charge in [-0.1, -0.05) is 121 Å². The van der Waals surface area contributed by atoms with E-state index in [0.29, 0.717) is 6.42 Å². The van der Waals surface area contributed by atoms with Crippen molar-refractivity contribution in [3.05, 3.63) is 35.9 Å². The Labute approximate surface area is 211 Å². The van der Waals surface area contributed by atoms with Gasteiger partial charge in [0.2, 0.25) is 0 Å². The first-order chi connectivity index (χ1) is 16.3. The molecule has 0 amide bonds. The summed E-state index contributed by atoms with van der Waals surface area (Å²) in [5.41, 5.74) is 0.690. The van der Waals surface area contributed by atoms with E-state index in [1.54, 1.807) is 0 Å². The molecular formula is C31H54O3. The molecule has 0 radical (unpaired) electrons. The van der Waals surface area contributed by atoms with Crippen LogP contribution in [0, 0.1) is 5.92 Å². The molecule has 0 saturated heterocycles. The van der Waals surface area contributed by atoms with Crippen molar-refractivity contribution in [3.63, 3.8) is 0 Å². The second-order valence-corrected chi connectivity index (χ2v) is 11.2. The molecule has 0 aliphatic rings. The fourth-order valence-corrected chi connectivity index (χ4v) is 4.55. The van der Waals surface area contributed by atoms with Crippen molar-refractivity contribution in [2.45, 2.75) is 149 Å². The zero-order valence-corrected chi connectivity index (χ0v) is 22.8. The predicted molar refractivity (Wildman–Crippen MR) is 145 cm³/mol. The molecule has 2 unspecified atom stereocenters. The van der Waals surface area contributed by atoms with E-state index in [4.69, 9.17) is 4.74 Å². The van der Waals surface area contributed by atoms with E-state index in [9.17, 15) is 9.90 Å². The number of carbonyl (C=O) groups excluding carboxylic acids is 1. The van der Waals surface area contributed by atoms with Crippen LogP contribution in [-0.2, 0) is 16.0 Å². The minimum atomic E-state index is -0.472. The van der Waals surface area contributed by atoms with E-state index in [0.717, 1.165) is 37.7 Å². The molecule has 0 aromatic heterocycles. The third-order valence-electron chi connectivity index (χ3n) is 6.55. The minimum absolute atomic E-state index is 0.119. The number of aliphatic hydroxyl groups is 1. The van der Waals surface area contributed by atoms with Crippen molar-refractivity contribution in [2.75, 3.05) is 0 Å². The lowest BCUT2D eigenvalue weighted by Crippen LogP contribution is -2.30. The van der Waals surface area contributed by atoms with E-state index < -0.39 is 5.60 Å². The largest absolute Gasteiger partial charge is 0.460 e. The Balaban J connectivity index is 2.16. The maximum atomic E-state index is 12.8. The van der Waals surface area contributed by atoms with Crippen LogP contribution in [0.3, 0.4) is 0 Å². The fourth-order valence-electron chi connectivity index (χ4n) is 4.55. The van der Waals surface area contributed by atoms with Gasteiger partial charge in [0.25, 0.3) is 0 Å². The van der Waals surface area contributed by atoms with Crippen LogP contribution in [-0.4, -0.2) is 22.8 Å². The van der Waals surface area contributed by atoms with Gasteiger partial charge < -0.3 is 9.84 Å². The summed E-state index contributed by atoms with van der Waals surface area (Å²) in [6.45, 7) is 8.03. The lowest BCUT2D eigenvalue weighted by Gasteiger charge is -2.24. The summed E-state index contributed by atoms with van der Waals surface area (Å²) in [7, 11) is 0. The van der Waals surface area contributed by atoms with Crippen LogP contribution >= 0.6 is 0 Å². The highest BCUT2D eigenvalue weighted by Crippen LogP contribution is 2.22. The van der Waals surface area contributed by atoms with Crippen LogP contribution in [0.2, 0.25) is 0 Å². The highest BCUT2D eigenvalue weighted by atomic mass is 16.6. The van der Waals surface area contributed by atoms with Crippen LogP contribution in [0.4, 0.5) is 0 Å². The van der Waals surface area contributed by atoms with Gasteiger partial charge in [-0.05, 0) is 52.0 Å². The van der Waals surface area contributed by atoms with Gasteiger partial charge in [0, 0.05) is 0 Å². The van der Waals surface area contributed by atoms with Gasteiger partial charge >= 0.3 is 5.97 Å². The number of carbonyl (C=O) groups is 1. The van der Waals surface area contributed by atoms with Gasteiger partial charge in [0.15, 0.2) is 0 Å². The summed E-state index contributed by atoms with van der Waals surface area (Å²) in [5.74, 6) is -0.271. The number of ether oxygens (including phenoxy) is 1. The zero-order chi connectivity index (χ0) is 25.1.